The molecule has 0 bridgehead atoms. The van der Waals surface area contributed by atoms with Crippen LogP contribution in [0.2, 0.25) is 0 Å². The zero-order chi connectivity index (χ0) is 18.0. The van der Waals surface area contributed by atoms with Gasteiger partial charge in [-0.25, -0.2) is 9.37 Å². The number of azo groups is 1. The summed E-state index contributed by atoms with van der Waals surface area (Å²) in [5.41, 5.74) is 1.88. The monoisotopic (exact) mass is 342 g/mol. The molecule has 0 amide bonds. The summed E-state index contributed by atoms with van der Waals surface area (Å²) in [6.07, 6.45) is 1.35. The Morgan fingerprint density at radius 3 is 2.56 bits per heavy atom. The van der Waals surface area contributed by atoms with Crippen molar-refractivity contribution >= 4 is 17.2 Å². The molecule has 2 heterocycles. The van der Waals surface area contributed by atoms with Crippen molar-refractivity contribution in [3.63, 3.8) is 0 Å². The number of rotatable bonds is 5. The lowest BCUT2D eigenvalue weighted by Crippen LogP contribution is -1.89. The average Bonchev–Trinajstić information content (AvgIpc) is 2.97. The predicted molar refractivity (Wildman–Crippen MR) is 93.0 cm³/mol. The summed E-state index contributed by atoms with van der Waals surface area (Å²) in [6, 6.07) is 8.25. The molecule has 3 aromatic rings. The van der Waals surface area contributed by atoms with Crippen molar-refractivity contribution in [1.82, 2.24) is 9.38 Å². The molecule has 0 spiro atoms. The number of hydrogen-bond acceptors (Lipinski definition) is 5. The van der Waals surface area contributed by atoms with Gasteiger partial charge in [0.25, 0.3) is 0 Å². The van der Waals surface area contributed by atoms with E-state index in [4.69, 9.17) is 9.47 Å². The number of hydrogen-bond donors (Lipinski definition) is 0. The molecule has 0 aliphatic rings. The Morgan fingerprint density at radius 2 is 1.88 bits per heavy atom. The van der Waals surface area contributed by atoms with Crippen LogP contribution in [-0.4, -0.2) is 23.6 Å². The molecular weight excluding hydrogens is 323 g/mol. The number of benzene rings is 1. The van der Waals surface area contributed by atoms with Crippen molar-refractivity contribution in [2.24, 2.45) is 10.2 Å². The molecule has 0 saturated carbocycles. The van der Waals surface area contributed by atoms with Gasteiger partial charge in [0.1, 0.15) is 28.7 Å². The second-order valence-electron chi connectivity index (χ2n) is 5.79. The highest BCUT2D eigenvalue weighted by atomic mass is 19.1. The number of halogens is 1. The summed E-state index contributed by atoms with van der Waals surface area (Å²) in [5, 5.41) is 8.62. The van der Waals surface area contributed by atoms with Gasteiger partial charge in [-0.15, -0.1) is 10.2 Å². The summed E-state index contributed by atoms with van der Waals surface area (Å²) in [5.74, 6) is 1.45. The second-order valence-corrected chi connectivity index (χ2v) is 5.79. The highest BCUT2D eigenvalue weighted by Gasteiger charge is 2.16. The molecule has 1 aromatic carbocycles. The molecule has 0 aliphatic carbocycles. The van der Waals surface area contributed by atoms with E-state index in [-0.39, 0.29) is 11.7 Å². The molecule has 0 unspecified atom stereocenters. The van der Waals surface area contributed by atoms with Crippen LogP contribution in [0.5, 0.6) is 11.5 Å². The van der Waals surface area contributed by atoms with Crippen LogP contribution in [0.25, 0.3) is 5.65 Å². The first-order valence-electron chi connectivity index (χ1n) is 7.84. The number of methoxy groups -OCH3 is 2. The van der Waals surface area contributed by atoms with Gasteiger partial charge in [0.2, 0.25) is 0 Å². The minimum absolute atomic E-state index is 0.115. The first-order chi connectivity index (χ1) is 12.0. The molecule has 3 rings (SSSR count). The molecular formula is C18H19FN4O2. The summed E-state index contributed by atoms with van der Waals surface area (Å²) in [7, 11) is 3.14. The Balaban J connectivity index is 2.12. The molecule has 25 heavy (non-hydrogen) atoms. The van der Waals surface area contributed by atoms with Crippen LogP contribution in [0.3, 0.4) is 0 Å². The molecule has 0 radical (unpaired) electrons. The van der Waals surface area contributed by atoms with Crippen LogP contribution in [0.1, 0.15) is 25.5 Å². The Morgan fingerprint density at radius 1 is 1.08 bits per heavy atom. The molecule has 0 N–H and O–H groups in total. The molecule has 0 fully saturated rings. The van der Waals surface area contributed by atoms with Crippen molar-refractivity contribution in [3.05, 3.63) is 48.0 Å². The lowest BCUT2D eigenvalue weighted by molar-refractivity contribution is 0.404. The Kier molecular flexibility index (Phi) is 4.65. The summed E-state index contributed by atoms with van der Waals surface area (Å²) in [6.45, 7) is 4.01. The number of ether oxygens (including phenoxy) is 2. The van der Waals surface area contributed by atoms with Crippen LogP contribution in [0.15, 0.2) is 46.8 Å². The van der Waals surface area contributed by atoms with E-state index in [9.17, 15) is 4.39 Å². The quantitative estimate of drug-likeness (QED) is 0.611. The van der Waals surface area contributed by atoms with Crippen molar-refractivity contribution in [2.45, 2.75) is 19.8 Å². The number of pyridine rings is 1. The minimum Gasteiger partial charge on any atom is -0.497 e. The van der Waals surface area contributed by atoms with Crippen LogP contribution in [-0.2, 0) is 0 Å². The maximum absolute atomic E-state index is 13.7. The van der Waals surface area contributed by atoms with Gasteiger partial charge in [0.05, 0.1) is 19.9 Å². The van der Waals surface area contributed by atoms with Gasteiger partial charge in [-0.2, -0.15) is 0 Å². The number of fused-ring (bicyclic) bond motifs is 1. The Hall–Kier alpha value is -2.96. The number of nitrogens with zero attached hydrogens (tertiary/aromatic N) is 4. The van der Waals surface area contributed by atoms with Crippen molar-refractivity contribution in [2.75, 3.05) is 14.2 Å². The fraction of sp³-hybridized carbons (Fsp3) is 0.278. The number of imidazole rings is 1. The van der Waals surface area contributed by atoms with E-state index in [1.807, 2.05) is 13.8 Å². The number of aromatic nitrogens is 2. The third-order valence-corrected chi connectivity index (χ3v) is 3.77. The van der Waals surface area contributed by atoms with Crippen LogP contribution < -0.4 is 9.47 Å². The van der Waals surface area contributed by atoms with Gasteiger partial charge in [-0.3, -0.25) is 4.40 Å². The van der Waals surface area contributed by atoms with E-state index in [0.29, 0.717) is 28.7 Å². The normalized spacial score (nSPS) is 11.6. The highest BCUT2D eigenvalue weighted by molar-refractivity contribution is 5.57. The maximum atomic E-state index is 13.7. The summed E-state index contributed by atoms with van der Waals surface area (Å²) >= 11 is 0. The van der Waals surface area contributed by atoms with E-state index >= 15 is 0 Å². The topological polar surface area (TPSA) is 60.5 Å². The minimum atomic E-state index is -0.365. The molecule has 0 atom stereocenters. The van der Waals surface area contributed by atoms with Crippen LogP contribution in [0, 0.1) is 5.82 Å². The van der Waals surface area contributed by atoms with Crippen molar-refractivity contribution < 1.29 is 13.9 Å². The summed E-state index contributed by atoms with van der Waals surface area (Å²) < 4.78 is 25.8. The molecule has 6 nitrogen and oxygen atoms in total. The van der Waals surface area contributed by atoms with Gasteiger partial charge in [-0.05, 0) is 30.2 Å². The fourth-order valence-corrected chi connectivity index (χ4v) is 2.49. The standard InChI is InChI=1S/C18H19FN4O2/c1-11(2)17-18(23-10-12(19)5-8-16(23)20-17)22-21-14-9-13(24-3)6-7-15(14)25-4/h5-11H,1-4H3. The molecule has 2 aromatic heterocycles. The maximum Gasteiger partial charge on any atom is 0.183 e. The molecule has 130 valence electrons. The third kappa shape index (κ3) is 3.31. The average molecular weight is 342 g/mol. The van der Waals surface area contributed by atoms with E-state index < -0.39 is 0 Å². The zero-order valence-electron chi connectivity index (χ0n) is 14.5. The zero-order valence-corrected chi connectivity index (χ0v) is 14.5. The van der Waals surface area contributed by atoms with Gasteiger partial charge in [0, 0.05) is 12.3 Å². The smallest absolute Gasteiger partial charge is 0.183 e. The first-order valence-corrected chi connectivity index (χ1v) is 7.84. The van der Waals surface area contributed by atoms with Crippen LogP contribution >= 0.6 is 0 Å². The molecule has 7 heteroatoms. The fourth-order valence-electron chi connectivity index (χ4n) is 2.49. The largest absolute Gasteiger partial charge is 0.497 e. The van der Waals surface area contributed by atoms with Gasteiger partial charge in [-0.1, -0.05) is 13.8 Å². The van der Waals surface area contributed by atoms with Crippen molar-refractivity contribution in [1.29, 1.82) is 0 Å². The van der Waals surface area contributed by atoms with Gasteiger partial charge >= 0.3 is 0 Å². The lowest BCUT2D eigenvalue weighted by atomic mass is 10.1. The van der Waals surface area contributed by atoms with E-state index in [2.05, 4.69) is 15.2 Å². The van der Waals surface area contributed by atoms with E-state index in [1.54, 1.807) is 42.9 Å². The predicted octanol–water partition coefficient (Wildman–Crippen LogP) is 5.03. The highest BCUT2D eigenvalue weighted by Crippen LogP contribution is 2.34. The first kappa shape index (κ1) is 16.9. The van der Waals surface area contributed by atoms with Crippen molar-refractivity contribution in [3.8, 4) is 11.5 Å². The van der Waals surface area contributed by atoms with Gasteiger partial charge < -0.3 is 9.47 Å². The second kappa shape index (κ2) is 6.88. The molecule has 0 saturated heterocycles. The van der Waals surface area contributed by atoms with E-state index in [1.165, 1.54) is 12.3 Å². The SMILES string of the molecule is COc1ccc(OC)c(N=Nc2c(C(C)C)nc3ccc(F)cn23)c1. The van der Waals surface area contributed by atoms with Crippen LogP contribution in [0.4, 0.5) is 15.9 Å². The lowest BCUT2D eigenvalue weighted by Gasteiger charge is -2.06. The third-order valence-electron chi connectivity index (χ3n) is 3.77. The Labute approximate surface area is 144 Å². The van der Waals surface area contributed by atoms with E-state index in [0.717, 1.165) is 5.69 Å². The van der Waals surface area contributed by atoms with Gasteiger partial charge in [0.15, 0.2) is 5.82 Å². The summed E-state index contributed by atoms with van der Waals surface area (Å²) in [4.78, 5) is 4.53. The molecule has 0 aliphatic heterocycles. The Bertz CT molecular complexity index is 934.